The fraction of sp³-hybridized carbons (Fsp3) is 0.278. The minimum atomic E-state index is -4.02. The van der Waals surface area contributed by atoms with Crippen molar-refractivity contribution < 1.29 is 17.9 Å². The molecule has 4 rings (SSSR count). The number of sulfonamides is 1. The minimum absolute atomic E-state index is 0.0633. The molecule has 0 N–H and O–H groups in total. The minimum Gasteiger partial charge on any atom is -0.493 e. The van der Waals surface area contributed by atoms with Crippen LogP contribution < -0.4 is 13.9 Å². The quantitative estimate of drug-likeness (QED) is 0.791. The maximum Gasteiger partial charge on any atom is 0.342 e. The van der Waals surface area contributed by atoms with Gasteiger partial charge in [0.1, 0.15) is 10.6 Å². The third kappa shape index (κ3) is 2.91. The van der Waals surface area contributed by atoms with Crippen molar-refractivity contribution in [2.45, 2.75) is 17.7 Å². The highest BCUT2D eigenvalue weighted by Crippen LogP contribution is 2.39. The van der Waals surface area contributed by atoms with Crippen LogP contribution in [0.5, 0.6) is 5.75 Å². The molecule has 0 radical (unpaired) electrons. The molecular formula is C18H17ClN2O4S. The van der Waals surface area contributed by atoms with E-state index in [1.165, 1.54) is 23.1 Å². The molecule has 1 aliphatic heterocycles. The number of nitrogens with zero attached hydrogens (tertiary/aromatic N) is 2. The molecule has 2 aromatic rings. The van der Waals surface area contributed by atoms with Crippen molar-refractivity contribution in [1.29, 1.82) is 0 Å². The number of hydrogen-bond donors (Lipinski definition) is 0. The average Bonchev–Trinajstić information content (AvgIpc) is 3.44. The number of amides is 2. The van der Waals surface area contributed by atoms with Gasteiger partial charge in [-0.15, -0.1) is 0 Å². The van der Waals surface area contributed by atoms with Crippen LogP contribution in [0.3, 0.4) is 0 Å². The Bertz CT molecular complexity index is 971. The van der Waals surface area contributed by atoms with E-state index in [-0.39, 0.29) is 10.6 Å². The van der Waals surface area contributed by atoms with Crippen molar-refractivity contribution in [3.05, 3.63) is 47.5 Å². The fourth-order valence-corrected chi connectivity index (χ4v) is 4.58. The van der Waals surface area contributed by atoms with Crippen LogP contribution in [0.1, 0.15) is 12.8 Å². The van der Waals surface area contributed by atoms with Crippen LogP contribution in [0.25, 0.3) is 0 Å². The monoisotopic (exact) mass is 392 g/mol. The van der Waals surface area contributed by atoms with E-state index in [1.807, 2.05) is 0 Å². The maximum absolute atomic E-state index is 13.0. The van der Waals surface area contributed by atoms with Crippen molar-refractivity contribution >= 4 is 39.0 Å². The molecule has 136 valence electrons. The number of urea groups is 1. The Hall–Kier alpha value is -2.25. The van der Waals surface area contributed by atoms with E-state index in [9.17, 15) is 13.2 Å². The molecule has 1 saturated carbocycles. The lowest BCUT2D eigenvalue weighted by Gasteiger charge is -2.34. The van der Waals surface area contributed by atoms with E-state index in [4.69, 9.17) is 16.3 Å². The normalized spacial score (nSPS) is 18.6. The first-order chi connectivity index (χ1) is 12.4. The third-order valence-electron chi connectivity index (χ3n) is 4.51. The molecule has 1 aliphatic carbocycles. The van der Waals surface area contributed by atoms with Crippen molar-refractivity contribution in [3.8, 4) is 5.75 Å². The second kappa shape index (κ2) is 6.17. The largest absolute Gasteiger partial charge is 0.493 e. The topological polar surface area (TPSA) is 66.9 Å². The number of carbonyl (C=O) groups excluding carboxylic acids is 1. The van der Waals surface area contributed by atoms with Gasteiger partial charge < -0.3 is 4.74 Å². The van der Waals surface area contributed by atoms with Gasteiger partial charge in [0.2, 0.25) is 0 Å². The van der Waals surface area contributed by atoms with Gasteiger partial charge in [0.15, 0.2) is 0 Å². The van der Waals surface area contributed by atoms with Gasteiger partial charge in [-0.25, -0.2) is 13.2 Å². The second-order valence-electron chi connectivity index (χ2n) is 6.47. The fourth-order valence-electron chi connectivity index (χ4n) is 2.83. The molecule has 1 heterocycles. The number of fused-ring (bicyclic) bond motifs is 1. The Morgan fingerprint density at radius 3 is 2.50 bits per heavy atom. The molecule has 0 aromatic heterocycles. The van der Waals surface area contributed by atoms with Gasteiger partial charge >= 0.3 is 6.03 Å². The van der Waals surface area contributed by atoms with E-state index in [0.717, 1.165) is 17.1 Å². The van der Waals surface area contributed by atoms with Gasteiger partial charge in [-0.1, -0.05) is 11.6 Å². The van der Waals surface area contributed by atoms with E-state index < -0.39 is 16.1 Å². The van der Waals surface area contributed by atoms with Crippen molar-refractivity contribution in [1.82, 2.24) is 0 Å². The second-order valence-corrected chi connectivity index (χ2v) is 8.66. The van der Waals surface area contributed by atoms with Gasteiger partial charge in [-0.2, -0.15) is 4.31 Å². The van der Waals surface area contributed by atoms with Crippen LogP contribution in [0, 0.1) is 5.92 Å². The van der Waals surface area contributed by atoms with Gasteiger partial charge in [0.05, 0.1) is 18.0 Å². The molecule has 2 aliphatic rings. The summed E-state index contributed by atoms with van der Waals surface area (Å²) >= 11 is 5.86. The predicted octanol–water partition coefficient (Wildman–Crippen LogP) is 3.89. The number of hydrogen-bond acceptors (Lipinski definition) is 4. The highest BCUT2D eigenvalue weighted by Gasteiger charge is 2.41. The summed E-state index contributed by atoms with van der Waals surface area (Å²) in [5, 5.41) is 0.460. The summed E-state index contributed by atoms with van der Waals surface area (Å²) in [7, 11) is -2.48. The lowest BCUT2D eigenvalue weighted by molar-refractivity contribution is 0.255. The third-order valence-corrected chi connectivity index (χ3v) is 6.52. The maximum atomic E-state index is 13.0. The van der Waals surface area contributed by atoms with Gasteiger partial charge in [-0.3, -0.25) is 4.90 Å². The smallest absolute Gasteiger partial charge is 0.342 e. The lowest BCUT2D eigenvalue weighted by atomic mass is 10.2. The average molecular weight is 393 g/mol. The molecule has 8 heteroatoms. The van der Waals surface area contributed by atoms with Crippen molar-refractivity contribution in [2.75, 3.05) is 22.9 Å². The predicted molar refractivity (Wildman–Crippen MR) is 99.6 cm³/mol. The standard InChI is InChI=1S/C18H17ClN2O4S/c1-20-16-10-15(25-11-12-2-3-12)8-9-17(16)26(23,24)21(18(20)22)14-6-4-13(19)5-7-14/h4-10,12H,2-3,11H2,1H3. The van der Waals surface area contributed by atoms with E-state index in [1.54, 1.807) is 31.3 Å². The Morgan fingerprint density at radius 1 is 1.15 bits per heavy atom. The number of rotatable bonds is 4. The van der Waals surface area contributed by atoms with Crippen LogP contribution in [-0.4, -0.2) is 28.1 Å². The molecule has 2 amide bonds. The number of benzene rings is 2. The molecule has 0 atom stereocenters. The van der Waals surface area contributed by atoms with Gasteiger partial charge in [0, 0.05) is 18.1 Å². The SMILES string of the molecule is CN1C(=O)N(c2ccc(Cl)cc2)S(=O)(=O)c2ccc(OCC3CC3)cc21. The number of halogens is 1. The Kier molecular flexibility index (Phi) is 4.08. The van der Waals surface area contributed by atoms with Gasteiger partial charge in [-0.05, 0) is 55.2 Å². The van der Waals surface area contributed by atoms with Crippen LogP contribution in [-0.2, 0) is 10.0 Å². The van der Waals surface area contributed by atoms with E-state index in [2.05, 4.69) is 0 Å². The Labute approximate surface area is 157 Å². The molecule has 0 unspecified atom stereocenters. The summed E-state index contributed by atoms with van der Waals surface area (Å²) in [4.78, 5) is 14.2. The number of carbonyl (C=O) groups is 1. The van der Waals surface area contributed by atoms with Crippen molar-refractivity contribution in [3.63, 3.8) is 0 Å². The summed E-state index contributed by atoms with van der Waals surface area (Å²) < 4.78 is 32.6. The first kappa shape index (κ1) is 17.2. The zero-order chi connectivity index (χ0) is 18.5. The molecule has 0 saturated heterocycles. The molecule has 2 aromatic carbocycles. The van der Waals surface area contributed by atoms with Crippen LogP contribution >= 0.6 is 11.6 Å². The zero-order valence-corrected chi connectivity index (χ0v) is 15.6. The molecule has 0 spiro atoms. The van der Waals surface area contributed by atoms with Crippen LogP contribution in [0.4, 0.5) is 16.2 Å². The highest BCUT2D eigenvalue weighted by molar-refractivity contribution is 7.94. The first-order valence-electron chi connectivity index (χ1n) is 8.23. The van der Waals surface area contributed by atoms with Crippen LogP contribution in [0.2, 0.25) is 5.02 Å². The summed E-state index contributed by atoms with van der Waals surface area (Å²) in [5.74, 6) is 1.14. The molecule has 0 bridgehead atoms. The Balaban J connectivity index is 1.74. The zero-order valence-electron chi connectivity index (χ0n) is 14.1. The lowest BCUT2D eigenvalue weighted by Crippen LogP contribution is -2.49. The summed E-state index contributed by atoms with van der Waals surface area (Å²) in [6.07, 6.45) is 2.32. The Morgan fingerprint density at radius 2 is 1.85 bits per heavy atom. The number of ether oxygens (including phenoxy) is 1. The summed E-state index contributed by atoms with van der Waals surface area (Å²) in [5.41, 5.74) is 0.555. The van der Waals surface area contributed by atoms with E-state index in [0.29, 0.717) is 29.0 Å². The molecule has 1 fully saturated rings. The first-order valence-corrected chi connectivity index (χ1v) is 10.0. The highest BCUT2D eigenvalue weighted by atomic mass is 35.5. The summed E-state index contributed by atoms with van der Waals surface area (Å²) in [6, 6.07) is 10.2. The van der Waals surface area contributed by atoms with Gasteiger partial charge in [0.25, 0.3) is 10.0 Å². The molecule has 26 heavy (non-hydrogen) atoms. The van der Waals surface area contributed by atoms with Crippen LogP contribution in [0.15, 0.2) is 47.4 Å². The summed E-state index contributed by atoms with van der Waals surface area (Å²) in [6.45, 7) is 0.611. The van der Waals surface area contributed by atoms with Crippen molar-refractivity contribution in [2.24, 2.45) is 5.92 Å². The molecular weight excluding hydrogens is 376 g/mol. The number of anilines is 2. The molecule has 6 nitrogen and oxygen atoms in total. The van der Waals surface area contributed by atoms with E-state index >= 15 is 0 Å².